The van der Waals surface area contributed by atoms with Gasteiger partial charge in [0.25, 0.3) is 0 Å². The van der Waals surface area contributed by atoms with Gasteiger partial charge in [-0.25, -0.2) is 0 Å². The van der Waals surface area contributed by atoms with Gasteiger partial charge in [0.2, 0.25) is 5.78 Å². The van der Waals surface area contributed by atoms with Crippen LogP contribution in [0.4, 0.5) is 0 Å². The Morgan fingerprint density at radius 3 is 2.79 bits per heavy atom. The Hall–Kier alpha value is -1.95. The molecule has 1 atom stereocenters. The predicted octanol–water partition coefficient (Wildman–Crippen LogP) is 2.58. The molecule has 2 rings (SSSR count). The molecule has 0 aliphatic carbocycles. The zero-order valence-corrected chi connectivity index (χ0v) is 11.6. The minimum Gasteiger partial charge on any atom is -0.468 e. The Kier molecular flexibility index (Phi) is 4.11. The number of pyridine rings is 1. The summed E-state index contributed by atoms with van der Waals surface area (Å²) in [6.45, 7) is 0. The van der Waals surface area contributed by atoms with E-state index in [0.29, 0.717) is 10.0 Å². The van der Waals surface area contributed by atoms with Gasteiger partial charge in [0.05, 0.1) is 13.4 Å². The number of esters is 1. The Bertz CT molecular complexity index is 594. The van der Waals surface area contributed by atoms with Crippen LogP contribution in [0, 0.1) is 0 Å². The lowest BCUT2D eigenvalue weighted by atomic mass is 9.95. The third-order valence-corrected chi connectivity index (χ3v) is 2.96. The number of halogens is 1. The zero-order valence-electron chi connectivity index (χ0n) is 10.00. The van der Waals surface area contributed by atoms with E-state index in [0.717, 1.165) is 0 Å². The van der Waals surface area contributed by atoms with E-state index in [4.69, 9.17) is 4.42 Å². The highest BCUT2D eigenvalue weighted by molar-refractivity contribution is 9.10. The largest absolute Gasteiger partial charge is 0.468 e. The molecule has 98 valence electrons. The number of methoxy groups -OCH3 is 1. The summed E-state index contributed by atoms with van der Waals surface area (Å²) < 4.78 is 10.4. The quantitative estimate of drug-likeness (QED) is 0.491. The van der Waals surface area contributed by atoms with Gasteiger partial charge >= 0.3 is 5.97 Å². The van der Waals surface area contributed by atoms with Gasteiger partial charge in [0, 0.05) is 16.9 Å². The monoisotopic (exact) mass is 323 g/mol. The topological polar surface area (TPSA) is 69.4 Å². The van der Waals surface area contributed by atoms with Crippen LogP contribution in [-0.2, 0) is 9.53 Å². The van der Waals surface area contributed by atoms with Crippen LogP contribution in [0.5, 0.6) is 0 Å². The molecular formula is C13H10BrNO4. The second-order valence-corrected chi connectivity index (χ2v) is 4.65. The van der Waals surface area contributed by atoms with Crippen molar-refractivity contribution in [3.63, 3.8) is 0 Å². The van der Waals surface area contributed by atoms with Crippen molar-refractivity contribution in [2.24, 2.45) is 0 Å². The molecule has 0 N–H and O–H groups in total. The van der Waals surface area contributed by atoms with E-state index in [1.165, 1.54) is 25.6 Å². The van der Waals surface area contributed by atoms with Gasteiger partial charge in [-0.1, -0.05) is 0 Å². The van der Waals surface area contributed by atoms with Crippen LogP contribution < -0.4 is 0 Å². The summed E-state index contributed by atoms with van der Waals surface area (Å²) in [5.41, 5.74) is 0.447. The summed E-state index contributed by atoms with van der Waals surface area (Å²) in [6, 6.07) is 4.74. The molecule has 19 heavy (non-hydrogen) atoms. The fourth-order valence-corrected chi connectivity index (χ4v) is 2.04. The first kappa shape index (κ1) is 13.5. The third-order valence-electron chi connectivity index (χ3n) is 2.52. The SMILES string of the molecule is COC(=O)C(C(=O)c1ccco1)c1cncc(Br)c1. The number of nitrogens with zero attached hydrogens (tertiary/aromatic N) is 1. The molecule has 2 aromatic rings. The number of hydrogen-bond donors (Lipinski definition) is 0. The first-order chi connectivity index (χ1) is 9.13. The van der Waals surface area contributed by atoms with Crippen LogP contribution in [0.2, 0.25) is 0 Å². The van der Waals surface area contributed by atoms with Crippen molar-refractivity contribution in [2.75, 3.05) is 7.11 Å². The molecule has 0 radical (unpaired) electrons. The third kappa shape index (κ3) is 2.90. The van der Waals surface area contributed by atoms with Gasteiger partial charge < -0.3 is 9.15 Å². The molecule has 2 aromatic heterocycles. The van der Waals surface area contributed by atoms with Gasteiger partial charge in [-0.2, -0.15) is 0 Å². The van der Waals surface area contributed by atoms with Crippen molar-refractivity contribution in [3.8, 4) is 0 Å². The number of ether oxygens (including phenoxy) is 1. The van der Waals surface area contributed by atoms with E-state index in [1.54, 1.807) is 18.3 Å². The second kappa shape index (κ2) is 5.79. The van der Waals surface area contributed by atoms with Gasteiger partial charge in [-0.3, -0.25) is 14.6 Å². The molecule has 0 amide bonds. The lowest BCUT2D eigenvalue weighted by Crippen LogP contribution is -2.23. The van der Waals surface area contributed by atoms with Gasteiger partial charge in [-0.05, 0) is 39.7 Å². The highest BCUT2D eigenvalue weighted by Crippen LogP contribution is 2.24. The fraction of sp³-hybridized carbons (Fsp3) is 0.154. The van der Waals surface area contributed by atoms with Crippen LogP contribution in [0.25, 0.3) is 0 Å². The van der Waals surface area contributed by atoms with Gasteiger partial charge in [0.1, 0.15) is 5.92 Å². The number of furan rings is 1. The molecule has 0 bridgehead atoms. The number of rotatable bonds is 4. The van der Waals surface area contributed by atoms with Crippen LogP contribution in [0.15, 0.2) is 45.7 Å². The maximum absolute atomic E-state index is 12.3. The van der Waals surface area contributed by atoms with E-state index >= 15 is 0 Å². The van der Waals surface area contributed by atoms with Crippen molar-refractivity contribution in [3.05, 3.63) is 52.7 Å². The number of carbonyl (C=O) groups is 2. The highest BCUT2D eigenvalue weighted by atomic mass is 79.9. The van der Waals surface area contributed by atoms with Crippen LogP contribution >= 0.6 is 15.9 Å². The van der Waals surface area contributed by atoms with Crippen molar-refractivity contribution in [2.45, 2.75) is 5.92 Å². The summed E-state index contributed by atoms with van der Waals surface area (Å²) in [6.07, 6.45) is 4.39. The maximum atomic E-state index is 12.3. The van der Waals surface area contributed by atoms with Gasteiger partial charge in [-0.15, -0.1) is 0 Å². The molecule has 6 heteroatoms. The van der Waals surface area contributed by atoms with E-state index in [1.807, 2.05) is 0 Å². The summed E-state index contributed by atoms with van der Waals surface area (Å²) in [4.78, 5) is 28.1. The van der Waals surface area contributed by atoms with Crippen molar-refractivity contribution < 1.29 is 18.7 Å². The molecule has 0 spiro atoms. The van der Waals surface area contributed by atoms with Crippen molar-refractivity contribution in [1.82, 2.24) is 4.98 Å². The predicted molar refractivity (Wildman–Crippen MR) is 69.7 cm³/mol. The molecular weight excluding hydrogens is 314 g/mol. The highest BCUT2D eigenvalue weighted by Gasteiger charge is 2.32. The first-order valence-electron chi connectivity index (χ1n) is 5.39. The molecule has 0 saturated heterocycles. The first-order valence-corrected chi connectivity index (χ1v) is 6.18. The molecule has 2 heterocycles. The maximum Gasteiger partial charge on any atom is 0.321 e. The standard InChI is InChI=1S/C13H10BrNO4/c1-18-13(17)11(8-5-9(14)7-15-6-8)12(16)10-3-2-4-19-10/h2-7,11H,1H3. The second-order valence-electron chi connectivity index (χ2n) is 3.73. The van der Waals surface area contributed by atoms with E-state index in [2.05, 4.69) is 25.7 Å². The lowest BCUT2D eigenvalue weighted by Gasteiger charge is -2.12. The van der Waals surface area contributed by atoms with Gasteiger partial charge in [0.15, 0.2) is 5.76 Å². The molecule has 0 aliphatic rings. The number of ketones is 1. The van der Waals surface area contributed by atoms with E-state index < -0.39 is 17.7 Å². The summed E-state index contributed by atoms with van der Waals surface area (Å²) in [7, 11) is 1.23. The van der Waals surface area contributed by atoms with Crippen molar-refractivity contribution >= 4 is 27.7 Å². The summed E-state index contributed by atoms with van der Waals surface area (Å²) in [5, 5.41) is 0. The minimum atomic E-state index is -1.08. The number of hydrogen-bond acceptors (Lipinski definition) is 5. The summed E-state index contributed by atoms with van der Waals surface area (Å²) in [5.74, 6) is -2.09. The van der Waals surface area contributed by atoms with Crippen molar-refractivity contribution in [1.29, 1.82) is 0 Å². The Morgan fingerprint density at radius 1 is 1.42 bits per heavy atom. The molecule has 0 aromatic carbocycles. The van der Waals surface area contributed by atoms with Crippen LogP contribution in [0.1, 0.15) is 22.0 Å². The lowest BCUT2D eigenvalue weighted by molar-refractivity contribution is -0.141. The number of carbonyl (C=O) groups excluding carboxylic acids is 2. The summed E-state index contributed by atoms with van der Waals surface area (Å²) >= 11 is 3.25. The molecule has 5 nitrogen and oxygen atoms in total. The molecule has 0 saturated carbocycles. The Balaban J connectivity index is 2.42. The smallest absolute Gasteiger partial charge is 0.321 e. The van der Waals surface area contributed by atoms with Crippen LogP contribution in [0.3, 0.4) is 0 Å². The molecule has 1 unspecified atom stereocenters. The number of Topliss-reactive ketones (excluding diaryl/α,β-unsaturated/α-hetero) is 1. The average Bonchev–Trinajstić information content (AvgIpc) is 2.92. The molecule has 0 aliphatic heterocycles. The minimum absolute atomic E-state index is 0.107. The zero-order chi connectivity index (χ0) is 13.8. The van der Waals surface area contributed by atoms with Crippen LogP contribution in [-0.4, -0.2) is 23.8 Å². The molecule has 0 fully saturated rings. The Morgan fingerprint density at radius 2 is 2.21 bits per heavy atom. The Labute approximate surface area is 117 Å². The average molecular weight is 324 g/mol. The fourth-order valence-electron chi connectivity index (χ4n) is 1.66. The number of aromatic nitrogens is 1. The normalized spacial score (nSPS) is 11.9. The van der Waals surface area contributed by atoms with E-state index in [9.17, 15) is 9.59 Å². The van der Waals surface area contributed by atoms with E-state index in [-0.39, 0.29) is 5.76 Å².